The number of ether oxygens (including phenoxy) is 2. The van der Waals surface area contributed by atoms with Gasteiger partial charge in [0.1, 0.15) is 18.5 Å². The largest absolute Gasteiger partial charge is 0.481 e. The van der Waals surface area contributed by atoms with Crippen LogP contribution < -0.4 is 10.1 Å². The Bertz CT molecular complexity index is 853. The molecule has 1 aliphatic rings. The maximum absolute atomic E-state index is 11.3. The number of aliphatic carboxylic acids is 1. The molecule has 160 valence electrons. The topological polar surface area (TPSA) is 124 Å². The number of nitro groups is 1. The van der Waals surface area contributed by atoms with E-state index in [0.29, 0.717) is 44.6 Å². The predicted molar refractivity (Wildman–Crippen MR) is 109 cm³/mol. The zero-order chi connectivity index (χ0) is 21.3. The van der Waals surface area contributed by atoms with Gasteiger partial charge in [-0.1, -0.05) is 30.3 Å². The second-order valence-corrected chi connectivity index (χ2v) is 7.21. The summed E-state index contributed by atoms with van der Waals surface area (Å²) in [6.45, 7) is 1.10. The molecule has 2 N–H and O–H groups in total. The summed E-state index contributed by atoms with van der Waals surface area (Å²) in [7, 11) is 0. The molecule has 3 rings (SSSR count). The number of anilines is 1. The molecule has 1 aromatic carbocycles. The first kappa shape index (κ1) is 21.5. The Labute approximate surface area is 174 Å². The lowest BCUT2D eigenvalue weighted by Gasteiger charge is -2.27. The van der Waals surface area contributed by atoms with Gasteiger partial charge < -0.3 is 19.9 Å². The van der Waals surface area contributed by atoms with Crippen LogP contribution in [0.3, 0.4) is 0 Å². The van der Waals surface area contributed by atoms with E-state index in [9.17, 15) is 14.9 Å². The monoisotopic (exact) mass is 415 g/mol. The molecule has 1 heterocycles. The van der Waals surface area contributed by atoms with E-state index in [1.807, 2.05) is 30.3 Å². The van der Waals surface area contributed by atoms with Gasteiger partial charge in [-0.15, -0.1) is 0 Å². The third kappa shape index (κ3) is 6.15. The van der Waals surface area contributed by atoms with Crippen LogP contribution in [0.2, 0.25) is 0 Å². The zero-order valence-electron chi connectivity index (χ0n) is 16.5. The second kappa shape index (κ2) is 10.5. The van der Waals surface area contributed by atoms with Gasteiger partial charge in [0.15, 0.2) is 0 Å². The van der Waals surface area contributed by atoms with Crippen LogP contribution >= 0.6 is 0 Å². The van der Waals surface area contributed by atoms with Crippen LogP contribution in [-0.2, 0) is 16.1 Å². The fourth-order valence-electron chi connectivity index (χ4n) is 3.44. The van der Waals surface area contributed by atoms with Crippen molar-refractivity contribution in [2.75, 3.05) is 18.5 Å². The van der Waals surface area contributed by atoms with E-state index >= 15 is 0 Å². The molecule has 0 spiro atoms. The molecule has 9 heteroatoms. The molecular weight excluding hydrogens is 390 g/mol. The minimum atomic E-state index is -0.784. The molecule has 0 saturated heterocycles. The van der Waals surface area contributed by atoms with E-state index in [4.69, 9.17) is 14.6 Å². The van der Waals surface area contributed by atoms with Crippen LogP contribution in [0.5, 0.6) is 5.88 Å². The van der Waals surface area contributed by atoms with Crippen molar-refractivity contribution >= 4 is 17.3 Å². The molecule has 9 nitrogen and oxygen atoms in total. The van der Waals surface area contributed by atoms with Gasteiger partial charge >= 0.3 is 11.7 Å². The Kier molecular flexibility index (Phi) is 7.56. The molecule has 1 aliphatic carbocycles. The highest BCUT2D eigenvalue weighted by Crippen LogP contribution is 2.32. The summed E-state index contributed by atoms with van der Waals surface area (Å²) in [5.74, 6) is -0.857. The molecule has 2 aromatic rings. The Morgan fingerprint density at radius 3 is 2.60 bits per heavy atom. The first-order valence-corrected chi connectivity index (χ1v) is 9.91. The van der Waals surface area contributed by atoms with E-state index in [0.717, 1.165) is 5.56 Å². The fraction of sp³-hybridized carbons (Fsp3) is 0.429. The maximum atomic E-state index is 11.3. The highest BCUT2D eigenvalue weighted by atomic mass is 16.6. The van der Waals surface area contributed by atoms with Crippen molar-refractivity contribution in [3.63, 3.8) is 0 Å². The summed E-state index contributed by atoms with van der Waals surface area (Å²) in [4.78, 5) is 25.9. The first-order valence-electron chi connectivity index (χ1n) is 9.91. The number of aromatic nitrogens is 1. The Balaban J connectivity index is 1.52. The number of carboxylic acid groups (broad SMARTS) is 1. The lowest BCUT2D eigenvalue weighted by atomic mass is 9.86. The molecule has 30 heavy (non-hydrogen) atoms. The number of hydrogen-bond acceptors (Lipinski definition) is 7. The highest BCUT2D eigenvalue weighted by molar-refractivity contribution is 5.70. The zero-order valence-corrected chi connectivity index (χ0v) is 16.5. The summed E-state index contributed by atoms with van der Waals surface area (Å²) in [6, 6.07) is 11.3. The Hall–Kier alpha value is -3.20. The number of nitrogens with one attached hydrogen (secondary N) is 1. The van der Waals surface area contributed by atoms with Gasteiger partial charge in [-0.3, -0.25) is 14.9 Å². The lowest BCUT2D eigenvalue weighted by Crippen LogP contribution is -2.29. The average Bonchev–Trinajstić information content (AvgIpc) is 2.74. The molecule has 1 saturated carbocycles. The van der Waals surface area contributed by atoms with Crippen LogP contribution in [0.1, 0.15) is 31.2 Å². The van der Waals surface area contributed by atoms with Crippen LogP contribution in [0.15, 0.2) is 42.6 Å². The van der Waals surface area contributed by atoms with Crippen molar-refractivity contribution in [1.82, 2.24) is 4.98 Å². The van der Waals surface area contributed by atoms with Crippen LogP contribution in [0, 0.1) is 16.0 Å². The van der Waals surface area contributed by atoms with Crippen molar-refractivity contribution in [2.45, 2.75) is 38.3 Å². The van der Waals surface area contributed by atoms with Crippen LogP contribution in [0.4, 0.5) is 11.4 Å². The summed E-state index contributed by atoms with van der Waals surface area (Å²) in [5, 5.41) is 23.6. The van der Waals surface area contributed by atoms with Crippen molar-refractivity contribution < 1.29 is 24.3 Å². The molecule has 0 bridgehead atoms. The number of carboxylic acids is 1. The minimum absolute atomic E-state index is 0.0243. The van der Waals surface area contributed by atoms with E-state index < -0.39 is 10.9 Å². The number of rotatable bonds is 10. The van der Waals surface area contributed by atoms with Gasteiger partial charge in [0.2, 0.25) is 5.88 Å². The summed E-state index contributed by atoms with van der Waals surface area (Å²) in [6.07, 6.45) is 3.55. The van der Waals surface area contributed by atoms with Crippen molar-refractivity contribution in [3.05, 3.63) is 58.3 Å². The fourth-order valence-corrected chi connectivity index (χ4v) is 3.44. The normalized spacial score (nSPS) is 18.5. The molecule has 1 fully saturated rings. The number of pyridine rings is 1. The standard InChI is InChI=1S/C21H25N3O6/c25-21(26)16-6-8-17(9-7-16)23-18-12-20(22-13-19(18)24(27)28)30-11-10-29-14-15-4-2-1-3-5-15/h1-5,12-13,16-17H,6-11,14H2,(H,22,23)(H,25,26). The van der Waals surface area contributed by atoms with Gasteiger partial charge in [-0.2, -0.15) is 0 Å². The third-order valence-electron chi connectivity index (χ3n) is 5.08. The van der Waals surface area contributed by atoms with Crippen LogP contribution in [0.25, 0.3) is 0 Å². The van der Waals surface area contributed by atoms with Gasteiger partial charge in [-0.05, 0) is 31.2 Å². The number of carbonyl (C=O) groups is 1. The SMILES string of the molecule is O=C(O)C1CCC(Nc2cc(OCCOCc3ccccc3)ncc2[N+](=O)[O-])CC1. The number of hydrogen-bond donors (Lipinski definition) is 2. The summed E-state index contributed by atoms with van der Waals surface area (Å²) >= 11 is 0. The summed E-state index contributed by atoms with van der Waals surface area (Å²) < 4.78 is 11.1. The maximum Gasteiger partial charge on any atom is 0.310 e. The summed E-state index contributed by atoms with van der Waals surface area (Å²) in [5.41, 5.74) is 1.26. The first-order chi connectivity index (χ1) is 14.5. The smallest absolute Gasteiger partial charge is 0.310 e. The van der Waals surface area contributed by atoms with Gasteiger partial charge in [0.25, 0.3) is 0 Å². The van der Waals surface area contributed by atoms with E-state index in [-0.39, 0.29) is 30.1 Å². The quantitative estimate of drug-likeness (QED) is 0.342. The van der Waals surface area contributed by atoms with Gasteiger partial charge in [0, 0.05) is 12.1 Å². The molecule has 0 unspecified atom stereocenters. The van der Waals surface area contributed by atoms with Crippen molar-refractivity contribution in [2.24, 2.45) is 5.92 Å². The Morgan fingerprint density at radius 1 is 1.20 bits per heavy atom. The Morgan fingerprint density at radius 2 is 1.93 bits per heavy atom. The lowest BCUT2D eigenvalue weighted by molar-refractivity contribution is -0.384. The van der Waals surface area contributed by atoms with Gasteiger partial charge in [-0.25, -0.2) is 4.98 Å². The molecule has 1 aromatic heterocycles. The number of benzene rings is 1. The second-order valence-electron chi connectivity index (χ2n) is 7.21. The minimum Gasteiger partial charge on any atom is -0.481 e. The molecule has 0 amide bonds. The molecular formula is C21H25N3O6. The van der Waals surface area contributed by atoms with Crippen molar-refractivity contribution in [3.8, 4) is 5.88 Å². The molecule has 0 atom stereocenters. The van der Waals surface area contributed by atoms with E-state index in [1.165, 1.54) is 12.3 Å². The van der Waals surface area contributed by atoms with E-state index in [2.05, 4.69) is 10.3 Å². The van der Waals surface area contributed by atoms with E-state index in [1.54, 1.807) is 0 Å². The van der Waals surface area contributed by atoms with Crippen molar-refractivity contribution in [1.29, 1.82) is 0 Å². The number of nitrogens with zero attached hydrogens (tertiary/aromatic N) is 2. The van der Waals surface area contributed by atoms with Gasteiger partial charge in [0.05, 0.1) is 24.1 Å². The molecule has 0 radical (unpaired) electrons. The van der Waals surface area contributed by atoms with Crippen LogP contribution in [-0.4, -0.2) is 40.2 Å². The average molecular weight is 415 g/mol. The third-order valence-corrected chi connectivity index (χ3v) is 5.08. The predicted octanol–water partition coefficient (Wildman–Crippen LogP) is 3.64. The highest BCUT2D eigenvalue weighted by Gasteiger charge is 2.27. The molecule has 0 aliphatic heterocycles.